The number of aromatic nitrogens is 1. The second-order valence-electron chi connectivity index (χ2n) is 8.62. The molecule has 1 fully saturated rings. The van der Waals surface area contributed by atoms with Gasteiger partial charge in [-0.3, -0.25) is 9.69 Å². The lowest BCUT2D eigenvalue weighted by molar-refractivity contribution is -0.136. The van der Waals surface area contributed by atoms with E-state index in [0.717, 1.165) is 11.4 Å². The fourth-order valence-corrected chi connectivity index (χ4v) is 10.4. The Labute approximate surface area is 174 Å². The van der Waals surface area contributed by atoms with Crippen molar-refractivity contribution in [3.8, 4) is 5.75 Å². The summed E-state index contributed by atoms with van der Waals surface area (Å²) in [5.74, 6) is 0.723. The van der Waals surface area contributed by atoms with Gasteiger partial charge in [0.2, 0.25) is 8.32 Å². The highest BCUT2D eigenvalue weighted by Gasteiger charge is 2.57. The lowest BCUT2D eigenvalue weighted by Gasteiger charge is -2.52. The van der Waals surface area contributed by atoms with E-state index in [1.165, 1.54) is 6.39 Å². The van der Waals surface area contributed by atoms with E-state index in [2.05, 4.69) is 46.5 Å². The van der Waals surface area contributed by atoms with Crippen molar-refractivity contribution in [2.45, 2.75) is 70.3 Å². The molecule has 6 nitrogen and oxygen atoms in total. The summed E-state index contributed by atoms with van der Waals surface area (Å²) in [4.78, 5) is 19.4. The summed E-state index contributed by atoms with van der Waals surface area (Å²) in [5.41, 5.74) is 2.69. The van der Waals surface area contributed by atoms with Crippen molar-refractivity contribution in [2.24, 2.45) is 0 Å². The number of amides is 1. The first-order valence-electron chi connectivity index (χ1n) is 10.3. The SMILES string of the molecule is COc1ccc(N2C(=O)C(O[Si](C(C)C)(C(C)C)C(C)C)C2c2cocn2)cc1. The largest absolute Gasteiger partial charge is 0.497 e. The molecule has 1 aromatic heterocycles. The number of carbonyl (C=O) groups is 1. The molecule has 3 rings (SSSR count). The molecule has 2 unspecified atom stereocenters. The van der Waals surface area contributed by atoms with Gasteiger partial charge in [0, 0.05) is 5.69 Å². The Hall–Kier alpha value is -2.12. The van der Waals surface area contributed by atoms with Crippen LogP contribution in [0.3, 0.4) is 0 Å². The molecule has 1 aliphatic heterocycles. The van der Waals surface area contributed by atoms with Gasteiger partial charge in [0.15, 0.2) is 12.5 Å². The Morgan fingerprint density at radius 2 is 1.62 bits per heavy atom. The molecule has 0 N–H and O–H groups in total. The lowest BCUT2D eigenvalue weighted by atomic mass is 9.94. The van der Waals surface area contributed by atoms with Crippen LogP contribution in [0, 0.1) is 0 Å². The summed E-state index contributed by atoms with van der Waals surface area (Å²) in [6, 6.07) is 7.19. The van der Waals surface area contributed by atoms with E-state index in [9.17, 15) is 4.79 Å². The summed E-state index contributed by atoms with van der Waals surface area (Å²) in [6.45, 7) is 13.3. The minimum atomic E-state index is -2.23. The van der Waals surface area contributed by atoms with Crippen LogP contribution in [-0.4, -0.2) is 32.4 Å². The van der Waals surface area contributed by atoms with E-state index in [4.69, 9.17) is 13.6 Å². The zero-order valence-electron chi connectivity index (χ0n) is 18.4. The third kappa shape index (κ3) is 3.62. The van der Waals surface area contributed by atoms with E-state index < -0.39 is 14.4 Å². The van der Waals surface area contributed by atoms with Gasteiger partial charge in [0.1, 0.15) is 23.7 Å². The van der Waals surface area contributed by atoms with Crippen molar-refractivity contribution in [3.63, 3.8) is 0 Å². The van der Waals surface area contributed by atoms with Crippen molar-refractivity contribution in [1.82, 2.24) is 4.98 Å². The molecule has 0 saturated carbocycles. The first-order chi connectivity index (χ1) is 13.7. The second-order valence-corrected chi connectivity index (χ2v) is 14.0. The molecule has 29 heavy (non-hydrogen) atoms. The van der Waals surface area contributed by atoms with Gasteiger partial charge in [-0.1, -0.05) is 41.5 Å². The molecule has 2 atom stereocenters. The standard InChI is InChI=1S/C22H32N2O4Si/c1-14(2)29(15(3)4,16(5)6)28-21-20(19-12-27-13-23-19)24(22(21)25)17-8-10-18(26-7)11-9-17/h8-16,20-21H,1-7H3. The number of β-lactam (4-membered cyclic amide) rings is 1. The Morgan fingerprint density at radius 3 is 2.07 bits per heavy atom. The number of hydrogen-bond donors (Lipinski definition) is 0. The quantitative estimate of drug-likeness (QED) is 0.430. The zero-order chi connectivity index (χ0) is 21.3. The molecule has 1 saturated heterocycles. The number of nitrogens with zero attached hydrogens (tertiary/aromatic N) is 2. The molecule has 0 bridgehead atoms. The van der Waals surface area contributed by atoms with E-state index in [-0.39, 0.29) is 11.9 Å². The Bertz CT molecular complexity index is 796. The number of carbonyl (C=O) groups excluding carboxylic acids is 1. The summed E-state index contributed by atoms with van der Waals surface area (Å²) in [6.07, 6.45) is 2.47. The van der Waals surface area contributed by atoms with E-state index in [1.54, 1.807) is 18.3 Å². The monoisotopic (exact) mass is 416 g/mol. The maximum atomic E-state index is 13.3. The fourth-order valence-electron chi connectivity index (χ4n) is 4.89. The van der Waals surface area contributed by atoms with Crippen LogP contribution in [0.2, 0.25) is 16.6 Å². The van der Waals surface area contributed by atoms with Gasteiger partial charge < -0.3 is 13.6 Å². The first kappa shape index (κ1) is 21.6. The van der Waals surface area contributed by atoms with Crippen LogP contribution in [0.5, 0.6) is 5.75 Å². The highest BCUT2D eigenvalue weighted by molar-refractivity contribution is 6.77. The molecule has 0 radical (unpaired) electrons. The van der Waals surface area contributed by atoms with Gasteiger partial charge in [-0.25, -0.2) is 4.98 Å². The Morgan fingerprint density at radius 1 is 1.03 bits per heavy atom. The van der Waals surface area contributed by atoms with Gasteiger partial charge in [-0.2, -0.15) is 0 Å². The third-order valence-electron chi connectivity index (χ3n) is 6.19. The van der Waals surface area contributed by atoms with Crippen molar-refractivity contribution in [3.05, 3.63) is 42.6 Å². The highest BCUT2D eigenvalue weighted by Crippen LogP contribution is 2.48. The van der Waals surface area contributed by atoms with Gasteiger partial charge in [0.05, 0.1) is 7.11 Å². The molecule has 0 spiro atoms. The topological polar surface area (TPSA) is 64.8 Å². The predicted molar refractivity (Wildman–Crippen MR) is 116 cm³/mol. The third-order valence-corrected chi connectivity index (χ3v) is 12.3. The van der Waals surface area contributed by atoms with Crippen LogP contribution in [0.4, 0.5) is 5.69 Å². The number of anilines is 1. The molecule has 2 heterocycles. The van der Waals surface area contributed by atoms with Crippen LogP contribution in [0.25, 0.3) is 0 Å². The minimum Gasteiger partial charge on any atom is -0.497 e. The highest BCUT2D eigenvalue weighted by atomic mass is 28.4. The number of ether oxygens (including phenoxy) is 1. The molecular formula is C22H32N2O4Si. The van der Waals surface area contributed by atoms with Crippen LogP contribution in [0.15, 0.2) is 41.3 Å². The van der Waals surface area contributed by atoms with Crippen molar-refractivity contribution in [1.29, 1.82) is 0 Å². The molecular weight excluding hydrogens is 384 g/mol. The number of oxazole rings is 1. The maximum Gasteiger partial charge on any atom is 0.258 e. The molecule has 1 aromatic carbocycles. The summed E-state index contributed by atoms with van der Waals surface area (Å²) in [5, 5.41) is 0. The Kier molecular flexibility index (Phi) is 6.19. The van der Waals surface area contributed by atoms with Crippen molar-refractivity contribution >= 4 is 19.9 Å². The van der Waals surface area contributed by atoms with Gasteiger partial charge in [-0.05, 0) is 40.9 Å². The van der Waals surface area contributed by atoms with Crippen LogP contribution < -0.4 is 9.64 Å². The normalized spacial score (nSPS) is 19.9. The Balaban J connectivity index is 1.97. The lowest BCUT2D eigenvalue weighted by Crippen LogP contribution is -2.65. The fraction of sp³-hybridized carbons (Fsp3) is 0.545. The van der Waals surface area contributed by atoms with Crippen LogP contribution in [-0.2, 0) is 9.22 Å². The average molecular weight is 417 g/mol. The average Bonchev–Trinajstić information content (AvgIpc) is 3.19. The van der Waals surface area contributed by atoms with Crippen LogP contribution in [0.1, 0.15) is 53.3 Å². The summed E-state index contributed by atoms with van der Waals surface area (Å²) in [7, 11) is -0.603. The smallest absolute Gasteiger partial charge is 0.258 e. The van der Waals surface area contributed by atoms with Crippen molar-refractivity contribution < 1.29 is 18.4 Å². The molecule has 1 amide bonds. The van der Waals surface area contributed by atoms with E-state index >= 15 is 0 Å². The zero-order valence-corrected chi connectivity index (χ0v) is 19.4. The molecule has 158 valence electrons. The number of hydrogen-bond acceptors (Lipinski definition) is 5. The van der Waals surface area contributed by atoms with Crippen molar-refractivity contribution in [2.75, 3.05) is 12.0 Å². The summed E-state index contributed by atoms with van der Waals surface area (Å²) < 4.78 is 17.3. The number of rotatable bonds is 8. The van der Waals surface area contributed by atoms with Crippen LogP contribution >= 0.6 is 0 Å². The molecule has 0 aliphatic carbocycles. The van der Waals surface area contributed by atoms with E-state index in [1.807, 2.05) is 24.3 Å². The predicted octanol–water partition coefficient (Wildman–Crippen LogP) is 5.33. The molecule has 1 aliphatic rings. The minimum absolute atomic E-state index is 0.0259. The first-order valence-corrected chi connectivity index (χ1v) is 12.4. The maximum absolute atomic E-state index is 13.3. The van der Waals surface area contributed by atoms with Gasteiger partial charge in [0.25, 0.3) is 5.91 Å². The molecule has 7 heteroatoms. The van der Waals surface area contributed by atoms with Gasteiger partial charge in [-0.15, -0.1) is 0 Å². The second kappa shape index (κ2) is 8.32. The number of methoxy groups -OCH3 is 1. The molecule has 2 aromatic rings. The summed E-state index contributed by atoms with van der Waals surface area (Å²) >= 11 is 0. The van der Waals surface area contributed by atoms with E-state index in [0.29, 0.717) is 22.3 Å². The number of benzene rings is 1. The van der Waals surface area contributed by atoms with Gasteiger partial charge >= 0.3 is 0 Å².